The molecule has 0 spiro atoms. The van der Waals surface area contributed by atoms with Crippen molar-refractivity contribution in [3.63, 3.8) is 0 Å². The number of ether oxygens (including phenoxy) is 1. The number of alkyl halides is 1. The average molecular weight is 225 g/mol. The fourth-order valence-corrected chi connectivity index (χ4v) is 1.42. The summed E-state index contributed by atoms with van der Waals surface area (Å²) in [6.07, 6.45) is 1.61. The van der Waals surface area contributed by atoms with Crippen LogP contribution < -0.4 is 5.36 Å². The maximum absolute atomic E-state index is 7.77. The van der Waals surface area contributed by atoms with Gasteiger partial charge in [-0.15, -0.1) is 0 Å². The van der Waals surface area contributed by atoms with Crippen molar-refractivity contribution in [1.29, 1.82) is 0 Å². The van der Waals surface area contributed by atoms with Gasteiger partial charge in [0.15, 0.2) is 0 Å². The second-order valence-electron chi connectivity index (χ2n) is 2.93. The van der Waals surface area contributed by atoms with E-state index < -0.39 is 0 Å². The predicted molar refractivity (Wildman–Crippen MR) is 60.5 cm³/mol. The van der Waals surface area contributed by atoms with E-state index in [0.717, 1.165) is 10.9 Å². The predicted octanol–water partition coefficient (Wildman–Crippen LogP) is 2.24. The van der Waals surface area contributed by atoms with E-state index in [-0.39, 0.29) is 12.8 Å². The van der Waals surface area contributed by atoms with Crippen LogP contribution in [-0.4, -0.2) is 17.8 Å². The number of nitrogens with zero attached hydrogens (tertiary/aromatic N) is 1. The number of rotatable bonds is 3. The molecule has 3 nitrogen and oxygen atoms in total. The first-order valence-corrected chi connectivity index (χ1v) is 5.07. The SMILES string of the molecule is [3H]c1c[nH]c2ccccc2/c1=N\COCCl. The van der Waals surface area contributed by atoms with E-state index in [4.69, 9.17) is 17.7 Å². The van der Waals surface area contributed by atoms with Gasteiger partial charge in [-0.05, 0) is 12.1 Å². The van der Waals surface area contributed by atoms with Gasteiger partial charge in [0.25, 0.3) is 0 Å². The van der Waals surface area contributed by atoms with Crippen LogP contribution in [0.15, 0.2) is 41.5 Å². The fraction of sp³-hybridized carbons (Fsp3) is 0.182. The van der Waals surface area contributed by atoms with E-state index in [0.29, 0.717) is 11.4 Å². The monoisotopic (exact) mass is 224 g/mol. The summed E-state index contributed by atoms with van der Waals surface area (Å²) in [4.78, 5) is 7.25. The Labute approximate surface area is 93.8 Å². The number of aromatic nitrogens is 1. The molecule has 2 rings (SSSR count). The Morgan fingerprint density at radius 3 is 3.20 bits per heavy atom. The molecule has 0 saturated carbocycles. The summed E-state index contributed by atoms with van der Waals surface area (Å²) in [6.45, 7) is 0.170. The van der Waals surface area contributed by atoms with E-state index >= 15 is 0 Å². The molecule has 0 atom stereocenters. The molecule has 15 heavy (non-hydrogen) atoms. The highest BCUT2D eigenvalue weighted by molar-refractivity contribution is 6.17. The third kappa shape index (κ3) is 2.37. The van der Waals surface area contributed by atoms with Crippen molar-refractivity contribution >= 4 is 22.5 Å². The summed E-state index contributed by atoms with van der Waals surface area (Å²) in [5.41, 5.74) is 0.947. The second kappa shape index (κ2) is 4.96. The number of pyridine rings is 1. The summed E-state index contributed by atoms with van der Waals surface area (Å²) in [6, 6.07) is 8.16. The van der Waals surface area contributed by atoms with E-state index in [1.807, 2.05) is 24.3 Å². The molecule has 1 N–H and O–H groups in total. The Kier molecular flexibility index (Phi) is 2.96. The highest BCUT2D eigenvalue weighted by Crippen LogP contribution is 2.04. The lowest BCUT2D eigenvalue weighted by molar-refractivity contribution is 0.186. The lowest BCUT2D eigenvalue weighted by atomic mass is 10.2. The number of benzene rings is 1. The van der Waals surface area contributed by atoms with Crippen LogP contribution in [0.2, 0.25) is 0 Å². The van der Waals surface area contributed by atoms with Gasteiger partial charge >= 0.3 is 0 Å². The maximum Gasteiger partial charge on any atom is 0.139 e. The summed E-state index contributed by atoms with van der Waals surface area (Å²) in [7, 11) is 0. The van der Waals surface area contributed by atoms with Gasteiger partial charge in [0.1, 0.15) is 12.8 Å². The van der Waals surface area contributed by atoms with Gasteiger partial charge < -0.3 is 9.72 Å². The van der Waals surface area contributed by atoms with Crippen LogP contribution in [0.4, 0.5) is 0 Å². The van der Waals surface area contributed by atoms with Crippen LogP contribution in [0.1, 0.15) is 1.37 Å². The highest BCUT2D eigenvalue weighted by atomic mass is 35.5. The number of halogens is 1. The first kappa shape index (κ1) is 8.95. The van der Waals surface area contributed by atoms with Gasteiger partial charge in [0.05, 0.1) is 6.73 Å². The smallest absolute Gasteiger partial charge is 0.139 e. The first-order valence-electron chi connectivity index (χ1n) is 5.04. The third-order valence-corrected chi connectivity index (χ3v) is 2.16. The van der Waals surface area contributed by atoms with Gasteiger partial charge in [-0.25, -0.2) is 0 Å². The average Bonchev–Trinajstić information content (AvgIpc) is 2.32. The Hall–Kier alpha value is -1.32. The molecule has 78 valence electrons. The van der Waals surface area contributed by atoms with Crippen molar-refractivity contribution in [2.75, 3.05) is 12.8 Å². The molecule has 0 radical (unpaired) electrons. The zero-order valence-corrected chi connectivity index (χ0v) is 8.79. The minimum absolute atomic E-state index is 0.105. The zero-order chi connectivity index (χ0) is 11.4. The molecule has 0 unspecified atom stereocenters. The van der Waals surface area contributed by atoms with Gasteiger partial charge in [-0.1, -0.05) is 29.8 Å². The maximum atomic E-state index is 7.77. The normalized spacial score (nSPS) is 13.1. The molecular weight excluding hydrogens is 212 g/mol. The van der Waals surface area contributed by atoms with Gasteiger partial charge in [-0.2, -0.15) is 0 Å². The summed E-state index contributed by atoms with van der Waals surface area (Å²) in [5, 5.41) is 1.53. The molecule has 1 aromatic carbocycles. The van der Waals surface area contributed by atoms with Crippen LogP contribution in [0.5, 0.6) is 0 Å². The topological polar surface area (TPSA) is 37.4 Å². The quantitative estimate of drug-likeness (QED) is 0.630. The van der Waals surface area contributed by atoms with Crippen molar-refractivity contribution in [1.82, 2.24) is 4.98 Å². The number of para-hydroxylation sites is 1. The Balaban J connectivity index is 2.57. The van der Waals surface area contributed by atoms with Gasteiger partial charge in [0, 0.05) is 17.1 Å². The zero-order valence-electron chi connectivity index (χ0n) is 9.03. The van der Waals surface area contributed by atoms with E-state index in [1.165, 1.54) is 0 Å². The lowest BCUT2D eigenvalue weighted by Crippen LogP contribution is -2.05. The standard InChI is InChI=1S/C11H11ClN2O/c12-7-15-8-14-11-5-6-13-10-4-2-1-3-9(10)11/h1-6H,7-8H2,(H,13,14)/i5T. The number of aromatic amines is 1. The highest BCUT2D eigenvalue weighted by Gasteiger charge is 1.93. The molecule has 0 bridgehead atoms. The van der Waals surface area contributed by atoms with Crippen LogP contribution in [0.3, 0.4) is 0 Å². The van der Waals surface area contributed by atoms with Gasteiger partial charge in [0.2, 0.25) is 0 Å². The van der Waals surface area contributed by atoms with Crippen molar-refractivity contribution in [3.8, 4) is 0 Å². The van der Waals surface area contributed by atoms with Crippen molar-refractivity contribution in [3.05, 3.63) is 41.9 Å². The van der Waals surface area contributed by atoms with E-state index in [9.17, 15) is 0 Å². The van der Waals surface area contributed by atoms with E-state index in [2.05, 4.69) is 9.98 Å². The van der Waals surface area contributed by atoms with Crippen molar-refractivity contribution < 1.29 is 6.11 Å². The molecule has 4 heteroatoms. The third-order valence-electron chi connectivity index (χ3n) is 2.01. The Bertz CT molecular complexity index is 553. The van der Waals surface area contributed by atoms with E-state index in [1.54, 1.807) is 6.20 Å². The first-order chi connectivity index (χ1) is 7.83. The van der Waals surface area contributed by atoms with Crippen LogP contribution in [-0.2, 0) is 4.74 Å². The largest absolute Gasteiger partial charge is 0.361 e. The Morgan fingerprint density at radius 2 is 2.33 bits per heavy atom. The molecular formula is C11H11ClN2O. The van der Waals surface area contributed by atoms with Crippen LogP contribution in [0.25, 0.3) is 10.9 Å². The minimum Gasteiger partial charge on any atom is -0.361 e. The minimum atomic E-state index is 0.105. The molecule has 1 aromatic heterocycles. The van der Waals surface area contributed by atoms with Crippen LogP contribution in [0, 0.1) is 0 Å². The lowest BCUT2D eigenvalue weighted by Gasteiger charge is -1.98. The molecule has 0 aliphatic rings. The molecule has 0 amide bonds. The second-order valence-corrected chi connectivity index (χ2v) is 3.15. The molecule has 0 aliphatic carbocycles. The summed E-state index contributed by atoms with van der Waals surface area (Å²) < 4.78 is 12.7. The fourth-order valence-electron chi connectivity index (χ4n) is 1.35. The van der Waals surface area contributed by atoms with Crippen LogP contribution >= 0.6 is 11.6 Å². The Morgan fingerprint density at radius 1 is 1.47 bits per heavy atom. The van der Waals surface area contributed by atoms with Gasteiger partial charge in [-0.3, -0.25) is 4.99 Å². The van der Waals surface area contributed by atoms with Crippen molar-refractivity contribution in [2.24, 2.45) is 4.99 Å². The molecule has 0 saturated heterocycles. The van der Waals surface area contributed by atoms with Crippen molar-refractivity contribution in [2.45, 2.75) is 0 Å². The molecule has 2 aromatic rings. The molecule has 1 heterocycles. The molecule has 0 fully saturated rings. The number of hydrogen-bond donors (Lipinski definition) is 1. The summed E-state index contributed by atoms with van der Waals surface area (Å²) in [5.74, 6) is 0. The molecule has 0 aliphatic heterocycles. The number of hydrogen-bond acceptors (Lipinski definition) is 2. The number of fused-ring (bicyclic) bond motifs is 1. The summed E-state index contributed by atoms with van der Waals surface area (Å²) >= 11 is 5.39. The number of nitrogens with one attached hydrogen (secondary N) is 1. The number of H-pyrrole nitrogens is 1.